The number of nitrogens with one attached hydrogen (secondary N) is 2. The SMILES string of the molecule is C[C@H](NC(=O)c1c(CNCC(N)=O)c(-c2ccccc2)nc2cc(Cl)ccc12)C1CCCCC1. The van der Waals surface area contributed by atoms with Crippen LogP contribution in [0.3, 0.4) is 0 Å². The smallest absolute Gasteiger partial charge is 0.252 e. The normalized spacial score (nSPS) is 15.2. The number of fused-ring (bicyclic) bond motifs is 1. The van der Waals surface area contributed by atoms with Crippen molar-refractivity contribution in [1.82, 2.24) is 15.6 Å². The number of primary amides is 1. The maximum absolute atomic E-state index is 13.8. The Labute approximate surface area is 205 Å². The highest BCUT2D eigenvalue weighted by atomic mass is 35.5. The minimum Gasteiger partial charge on any atom is -0.369 e. The number of rotatable bonds is 8. The van der Waals surface area contributed by atoms with E-state index < -0.39 is 5.91 Å². The number of nitrogens with two attached hydrogens (primary N) is 1. The van der Waals surface area contributed by atoms with Gasteiger partial charge in [-0.2, -0.15) is 0 Å². The van der Waals surface area contributed by atoms with Gasteiger partial charge in [-0.25, -0.2) is 4.98 Å². The van der Waals surface area contributed by atoms with Crippen molar-refractivity contribution in [2.75, 3.05) is 6.54 Å². The van der Waals surface area contributed by atoms with Gasteiger partial charge in [0.2, 0.25) is 5.91 Å². The molecule has 1 aliphatic carbocycles. The molecule has 0 saturated heterocycles. The zero-order valence-corrected chi connectivity index (χ0v) is 20.2. The van der Waals surface area contributed by atoms with Crippen molar-refractivity contribution < 1.29 is 9.59 Å². The summed E-state index contributed by atoms with van der Waals surface area (Å²) in [6.07, 6.45) is 5.96. The Kier molecular flexibility index (Phi) is 7.80. The standard InChI is InChI=1S/C27H31ClN4O2/c1-17(18-8-4-2-5-9-18)31-27(34)25-21-13-12-20(28)14-23(21)32-26(19-10-6-3-7-11-19)22(25)15-30-16-24(29)33/h3,6-7,10-14,17-18,30H,2,4-5,8-9,15-16H2,1H3,(H2,29,33)(H,31,34)/t17-/m0/s1. The molecule has 1 aromatic heterocycles. The summed E-state index contributed by atoms with van der Waals surface area (Å²) < 4.78 is 0. The van der Waals surface area contributed by atoms with Crippen molar-refractivity contribution in [3.8, 4) is 11.3 Å². The molecule has 7 heteroatoms. The predicted octanol–water partition coefficient (Wildman–Crippen LogP) is 4.83. The fraction of sp³-hybridized carbons (Fsp3) is 0.370. The first-order valence-electron chi connectivity index (χ1n) is 11.9. The van der Waals surface area contributed by atoms with Gasteiger partial charge in [0.1, 0.15) is 0 Å². The maximum Gasteiger partial charge on any atom is 0.252 e. The summed E-state index contributed by atoms with van der Waals surface area (Å²) in [6, 6.07) is 15.2. The van der Waals surface area contributed by atoms with Crippen molar-refractivity contribution in [3.63, 3.8) is 0 Å². The highest BCUT2D eigenvalue weighted by Crippen LogP contribution is 2.32. The number of nitrogens with zero attached hydrogens (tertiary/aromatic N) is 1. The average Bonchev–Trinajstić information content (AvgIpc) is 2.84. The number of aromatic nitrogens is 1. The molecule has 4 N–H and O–H groups in total. The van der Waals surface area contributed by atoms with Gasteiger partial charge in [0.05, 0.1) is 23.3 Å². The van der Waals surface area contributed by atoms with Crippen LogP contribution >= 0.6 is 11.6 Å². The number of halogens is 1. The molecule has 178 valence electrons. The number of benzene rings is 2. The lowest BCUT2D eigenvalue weighted by atomic mass is 9.84. The largest absolute Gasteiger partial charge is 0.369 e. The molecule has 0 spiro atoms. The van der Waals surface area contributed by atoms with Gasteiger partial charge < -0.3 is 16.4 Å². The van der Waals surface area contributed by atoms with Crippen LogP contribution < -0.4 is 16.4 Å². The predicted molar refractivity (Wildman–Crippen MR) is 137 cm³/mol. The van der Waals surface area contributed by atoms with Crippen molar-refractivity contribution in [3.05, 3.63) is 64.7 Å². The summed E-state index contributed by atoms with van der Waals surface area (Å²) in [7, 11) is 0. The van der Waals surface area contributed by atoms with Crippen LogP contribution in [-0.4, -0.2) is 29.4 Å². The number of amides is 2. The van der Waals surface area contributed by atoms with E-state index in [-0.39, 0.29) is 25.0 Å². The summed E-state index contributed by atoms with van der Waals surface area (Å²) in [5.74, 6) is -0.121. The van der Waals surface area contributed by atoms with Crippen LogP contribution in [-0.2, 0) is 11.3 Å². The quantitative estimate of drug-likeness (QED) is 0.432. The van der Waals surface area contributed by atoms with Crippen LogP contribution in [0.5, 0.6) is 0 Å². The van der Waals surface area contributed by atoms with E-state index in [2.05, 4.69) is 17.6 Å². The van der Waals surface area contributed by atoms with Gasteiger partial charge in [0, 0.05) is 34.1 Å². The summed E-state index contributed by atoms with van der Waals surface area (Å²) in [6.45, 7) is 2.38. The zero-order valence-electron chi connectivity index (χ0n) is 19.4. The Hall–Kier alpha value is -2.96. The van der Waals surface area contributed by atoms with E-state index in [0.717, 1.165) is 29.4 Å². The number of carbonyl (C=O) groups is 2. The van der Waals surface area contributed by atoms with Gasteiger partial charge in [-0.15, -0.1) is 0 Å². The average molecular weight is 479 g/mol. The fourth-order valence-electron chi connectivity index (χ4n) is 4.89. The summed E-state index contributed by atoms with van der Waals surface area (Å²) in [5.41, 5.74) is 8.86. The Morgan fingerprint density at radius 1 is 1.12 bits per heavy atom. The third kappa shape index (κ3) is 5.57. The summed E-state index contributed by atoms with van der Waals surface area (Å²) >= 11 is 6.29. The molecule has 2 aromatic carbocycles. The summed E-state index contributed by atoms with van der Waals surface area (Å²) in [4.78, 5) is 30.1. The first kappa shape index (κ1) is 24.2. The minimum atomic E-state index is -0.460. The first-order valence-corrected chi connectivity index (χ1v) is 12.3. The second kappa shape index (κ2) is 11.0. The van der Waals surface area contributed by atoms with Gasteiger partial charge >= 0.3 is 0 Å². The molecule has 4 rings (SSSR count). The Balaban J connectivity index is 1.82. The van der Waals surface area contributed by atoms with Crippen LogP contribution in [0.25, 0.3) is 22.2 Å². The molecular formula is C27H31ClN4O2. The molecule has 1 atom stereocenters. The fourth-order valence-corrected chi connectivity index (χ4v) is 5.05. The van der Waals surface area contributed by atoms with Gasteiger partial charge in [0.25, 0.3) is 5.91 Å². The number of hydrogen-bond acceptors (Lipinski definition) is 4. The monoisotopic (exact) mass is 478 g/mol. The molecule has 1 saturated carbocycles. The molecule has 0 bridgehead atoms. The molecular weight excluding hydrogens is 448 g/mol. The first-order chi connectivity index (χ1) is 16.4. The van der Waals surface area contributed by atoms with Crippen molar-refractivity contribution in [1.29, 1.82) is 0 Å². The lowest BCUT2D eigenvalue weighted by Gasteiger charge is -2.29. The van der Waals surface area contributed by atoms with Crippen LogP contribution in [0.1, 0.15) is 54.9 Å². The second-order valence-electron chi connectivity index (χ2n) is 9.07. The Morgan fingerprint density at radius 3 is 2.56 bits per heavy atom. The Bertz CT molecular complexity index is 1180. The maximum atomic E-state index is 13.8. The molecule has 0 radical (unpaired) electrons. The molecule has 6 nitrogen and oxygen atoms in total. The van der Waals surface area contributed by atoms with Gasteiger partial charge in [-0.3, -0.25) is 9.59 Å². The lowest BCUT2D eigenvalue weighted by molar-refractivity contribution is -0.117. The van der Waals surface area contributed by atoms with E-state index in [4.69, 9.17) is 22.3 Å². The molecule has 1 fully saturated rings. The molecule has 1 heterocycles. The second-order valence-corrected chi connectivity index (χ2v) is 9.51. The van der Waals surface area contributed by atoms with Crippen LogP contribution in [0.15, 0.2) is 48.5 Å². The van der Waals surface area contributed by atoms with E-state index in [9.17, 15) is 9.59 Å². The minimum absolute atomic E-state index is 0.00637. The third-order valence-corrected chi connectivity index (χ3v) is 6.88. The van der Waals surface area contributed by atoms with Crippen molar-refractivity contribution in [2.24, 2.45) is 11.7 Å². The lowest BCUT2D eigenvalue weighted by Crippen LogP contribution is -2.39. The van der Waals surface area contributed by atoms with Gasteiger partial charge in [-0.1, -0.05) is 67.3 Å². The van der Waals surface area contributed by atoms with Crippen LogP contribution in [0.2, 0.25) is 5.02 Å². The highest BCUT2D eigenvalue weighted by Gasteiger charge is 2.26. The third-order valence-electron chi connectivity index (χ3n) is 6.64. The molecule has 2 amide bonds. The van der Waals surface area contributed by atoms with Gasteiger partial charge in [-0.05, 0) is 37.8 Å². The molecule has 1 aliphatic rings. The van der Waals surface area contributed by atoms with Crippen LogP contribution in [0.4, 0.5) is 0 Å². The van der Waals surface area contributed by atoms with Crippen LogP contribution in [0, 0.1) is 5.92 Å². The van der Waals surface area contributed by atoms with E-state index in [1.165, 1.54) is 19.3 Å². The molecule has 34 heavy (non-hydrogen) atoms. The zero-order chi connectivity index (χ0) is 24.1. The van der Waals surface area contributed by atoms with Gasteiger partial charge in [0.15, 0.2) is 0 Å². The number of pyridine rings is 1. The van der Waals surface area contributed by atoms with E-state index in [1.807, 2.05) is 36.4 Å². The topological polar surface area (TPSA) is 97.1 Å². The molecule has 0 aliphatic heterocycles. The number of carbonyl (C=O) groups excluding carboxylic acids is 2. The Morgan fingerprint density at radius 2 is 1.85 bits per heavy atom. The van der Waals surface area contributed by atoms with E-state index in [1.54, 1.807) is 12.1 Å². The molecule has 3 aromatic rings. The summed E-state index contributed by atoms with van der Waals surface area (Å²) in [5, 5.41) is 7.64. The van der Waals surface area contributed by atoms with E-state index in [0.29, 0.717) is 27.7 Å². The molecule has 0 unspecified atom stereocenters. The van der Waals surface area contributed by atoms with Crippen molar-refractivity contribution >= 4 is 34.3 Å². The van der Waals surface area contributed by atoms with E-state index >= 15 is 0 Å². The highest BCUT2D eigenvalue weighted by molar-refractivity contribution is 6.31. The number of hydrogen-bond donors (Lipinski definition) is 3. The van der Waals surface area contributed by atoms with Crippen molar-refractivity contribution in [2.45, 2.75) is 51.6 Å².